The van der Waals surface area contributed by atoms with Gasteiger partial charge in [-0.1, -0.05) is 20.3 Å². The Hall–Kier alpha value is -2.69. The maximum absolute atomic E-state index is 12.2. The number of aliphatic carboxylic acids is 1. The molecule has 0 bridgehead atoms. The van der Waals surface area contributed by atoms with Gasteiger partial charge in [-0.2, -0.15) is 0 Å². The number of primary amides is 1. The molecule has 8 N–H and O–H groups in total. The van der Waals surface area contributed by atoms with Crippen molar-refractivity contribution in [2.24, 2.45) is 17.4 Å². The van der Waals surface area contributed by atoms with Crippen LogP contribution in [0.15, 0.2) is 0 Å². The lowest BCUT2D eigenvalue weighted by Crippen LogP contribution is -2.56. The van der Waals surface area contributed by atoms with Crippen molar-refractivity contribution < 1.29 is 29.1 Å². The number of rotatable bonds is 12. The van der Waals surface area contributed by atoms with E-state index in [1.807, 2.05) is 13.8 Å². The van der Waals surface area contributed by atoms with E-state index in [2.05, 4.69) is 16.0 Å². The molecule has 28 heavy (non-hydrogen) atoms. The normalized spacial score (nSPS) is 16.0. The Morgan fingerprint density at radius 2 is 1.36 bits per heavy atom. The van der Waals surface area contributed by atoms with Gasteiger partial charge >= 0.3 is 5.97 Å². The Bertz CT molecular complexity index is 597. The predicted octanol–water partition coefficient (Wildman–Crippen LogP) is -1.80. The summed E-state index contributed by atoms with van der Waals surface area (Å²) in [4.78, 5) is 58.2. The molecule has 0 saturated carbocycles. The molecule has 0 aliphatic heterocycles. The van der Waals surface area contributed by atoms with Crippen LogP contribution in [0, 0.1) is 5.92 Å². The van der Waals surface area contributed by atoms with Gasteiger partial charge in [0.1, 0.15) is 18.1 Å². The third-order valence-corrected chi connectivity index (χ3v) is 4.36. The SMILES string of the molecule is CCC(C)C(N)C(=O)NC(C)C(=O)NC(C)C(=O)NC(CCC(N)=O)C(=O)O. The van der Waals surface area contributed by atoms with Gasteiger partial charge in [-0.3, -0.25) is 19.2 Å². The van der Waals surface area contributed by atoms with Crippen molar-refractivity contribution in [1.82, 2.24) is 16.0 Å². The van der Waals surface area contributed by atoms with Crippen molar-refractivity contribution in [2.45, 2.75) is 71.1 Å². The van der Waals surface area contributed by atoms with Gasteiger partial charge in [0, 0.05) is 6.42 Å². The van der Waals surface area contributed by atoms with Gasteiger partial charge in [0.15, 0.2) is 0 Å². The molecule has 0 aromatic carbocycles. The first-order valence-corrected chi connectivity index (χ1v) is 9.08. The van der Waals surface area contributed by atoms with Gasteiger partial charge in [0.05, 0.1) is 6.04 Å². The van der Waals surface area contributed by atoms with Crippen LogP contribution in [0.4, 0.5) is 0 Å². The van der Waals surface area contributed by atoms with Crippen LogP contribution in [0.1, 0.15) is 47.0 Å². The number of amides is 4. The zero-order valence-electron chi connectivity index (χ0n) is 16.7. The zero-order valence-corrected chi connectivity index (χ0v) is 16.7. The summed E-state index contributed by atoms with van der Waals surface area (Å²) < 4.78 is 0. The summed E-state index contributed by atoms with van der Waals surface area (Å²) in [5, 5.41) is 16.2. The summed E-state index contributed by atoms with van der Waals surface area (Å²) in [7, 11) is 0. The molecule has 11 heteroatoms. The van der Waals surface area contributed by atoms with Crippen molar-refractivity contribution in [3.05, 3.63) is 0 Å². The van der Waals surface area contributed by atoms with Gasteiger partial charge in [-0.15, -0.1) is 0 Å². The molecule has 0 radical (unpaired) electrons. The monoisotopic (exact) mass is 401 g/mol. The van der Waals surface area contributed by atoms with Crippen molar-refractivity contribution >= 4 is 29.6 Å². The van der Waals surface area contributed by atoms with Crippen LogP contribution in [-0.4, -0.2) is 58.9 Å². The maximum atomic E-state index is 12.2. The Labute approximate surface area is 164 Å². The second kappa shape index (κ2) is 11.9. The fraction of sp³-hybridized carbons (Fsp3) is 0.706. The number of carboxylic acid groups (broad SMARTS) is 1. The smallest absolute Gasteiger partial charge is 0.326 e. The van der Waals surface area contributed by atoms with Crippen molar-refractivity contribution in [2.75, 3.05) is 0 Å². The minimum Gasteiger partial charge on any atom is -0.480 e. The summed E-state index contributed by atoms with van der Waals surface area (Å²) in [6.45, 7) is 6.51. The quantitative estimate of drug-likeness (QED) is 0.222. The van der Waals surface area contributed by atoms with Crippen LogP contribution in [0.2, 0.25) is 0 Å². The molecule has 5 atom stereocenters. The average Bonchev–Trinajstić information content (AvgIpc) is 2.62. The first-order valence-electron chi connectivity index (χ1n) is 9.08. The van der Waals surface area contributed by atoms with E-state index in [0.29, 0.717) is 6.42 Å². The van der Waals surface area contributed by atoms with Gasteiger partial charge < -0.3 is 32.5 Å². The molecular weight excluding hydrogens is 370 g/mol. The minimum atomic E-state index is -1.33. The molecule has 0 rings (SSSR count). The molecular formula is C17H31N5O6. The molecule has 160 valence electrons. The Morgan fingerprint density at radius 3 is 1.79 bits per heavy atom. The second-order valence-corrected chi connectivity index (χ2v) is 6.78. The topological polar surface area (TPSA) is 194 Å². The van der Waals surface area contributed by atoms with Crippen molar-refractivity contribution in [1.29, 1.82) is 0 Å². The average molecular weight is 401 g/mol. The molecule has 0 fully saturated rings. The van der Waals surface area contributed by atoms with Crippen LogP contribution in [0.3, 0.4) is 0 Å². The first-order chi connectivity index (χ1) is 12.9. The van der Waals surface area contributed by atoms with E-state index in [-0.39, 0.29) is 18.8 Å². The standard InChI is InChI=1S/C17H31N5O6/c1-5-8(2)13(19)16(26)21-9(3)14(24)20-10(4)15(25)22-11(17(27)28)6-7-12(18)23/h8-11,13H,5-7,19H2,1-4H3,(H2,18,23)(H,20,24)(H,21,26)(H,22,25)(H,27,28). The van der Waals surface area contributed by atoms with Gasteiger partial charge in [-0.05, 0) is 26.2 Å². The predicted molar refractivity (Wildman–Crippen MR) is 101 cm³/mol. The summed E-state index contributed by atoms with van der Waals surface area (Å²) >= 11 is 0. The van der Waals surface area contributed by atoms with E-state index >= 15 is 0 Å². The number of nitrogens with one attached hydrogen (secondary N) is 3. The van der Waals surface area contributed by atoms with Crippen LogP contribution >= 0.6 is 0 Å². The van der Waals surface area contributed by atoms with E-state index in [1.165, 1.54) is 13.8 Å². The van der Waals surface area contributed by atoms with Gasteiger partial charge in [0.2, 0.25) is 23.6 Å². The number of carbonyl (C=O) groups excluding carboxylic acids is 4. The van der Waals surface area contributed by atoms with Gasteiger partial charge in [-0.25, -0.2) is 4.79 Å². The van der Waals surface area contributed by atoms with Crippen molar-refractivity contribution in [3.8, 4) is 0 Å². The maximum Gasteiger partial charge on any atom is 0.326 e. The molecule has 0 aromatic rings. The van der Waals surface area contributed by atoms with Crippen LogP contribution in [0.25, 0.3) is 0 Å². The van der Waals surface area contributed by atoms with E-state index in [1.54, 1.807) is 0 Å². The number of carboxylic acids is 1. The summed E-state index contributed by atoms with van der Waals surface area (Å²) in [5.41, 5.74) is 10.8. The molecule has 0 aliphatic rings. The lowest BCUT2D eigenvalue weighted by atomic mass is 9.99. The van der Waals surface area contributed by atoms with Crippen LogP contribution in [-0.2, 0) is 24.0 Å². The molecule has 0 aliphatic carbocycles. The highest BCUT2D eigenvalue weighted by Gasteiger charge is 2.27. The minimum absolute atomic E-state index is 0.0617. The van der Waals surface area contributed by atoms with Crippen molar-refractivity contribution in [3.63, 3.8) is 0 Å². The fourth-order valence-electron chi connectivity index (χ4n) is 2.13. The van der Waals surface area contributed by atoms with E-state index < -0.39 is 53.8 Å². The van der Waals surface area contributed by atoms with Crippen LogP contribution < -0.4 is 27.4 Å². The molecule has 0 aromatic heterocycles. The third kappa shape index (κ3) is 8.80. The highest BCUT2D eigenvalue weighted by Crippen LogP contribution is 2.05. The van der Waals surface area contributed by atoms with Gasteiger partial charge in [0.25, 0.3) is 0 Å². The van der Waals surface area contributed by atoms with E-state index in [0.717, 1.165) is 0 Å². The number of hydrogen-bond donors (Lipinski definition) is 6. The summed E-state index contributed by atoms with van der Waals surface area (Å²) in [5.74, 6) is -3.94. The fourth-order valence-corrected chi connectivity index (χ4v) is 2.13. The van der Waals surface area contributed by atoms with E-state index in [4.69, 9.17) is 16.6 Å². The number of carbonyl (C=O) groups is 5. The largest absolute Gasteiger partial charge is 0.480 e. The molecule has 0 saturated heterocycles. The highest BCUT2D eigenvalue weighted by atomic mass is 16.4. The van der Waals surface area contributed by atoms with Crippen LogP contribution in [0.5, 0.6) is 0 Å². The second-order valence-electron chi connectivity index (χ2n) is 6.78. The molecule has 4 amide bonds. The lowest BCUT2D eigenvalue weighted by Gasteiger charge is -2.22. The number of nitrogens with two attached hydrogens (primary N) is 2. The Morgan fingerprint density at radius 1 is 0.893 bits per heavy atom. The third-order valence-electron chi connectivity index (χ3n) is 4.36. The summed E-state index contributed by atoms with van der Waals surface area (Å²) in [6.07, 6.45) is 0.321. The molecule has 11 nitrogen and oxygen atoms in total. The lowest BCUT2D eigenvalue weighted by molar-refractivity contribution is -0.142. The molecule has 5 unspecified atom stereocenters. The van der Waals surface area contributed by atoms with E-state index in [9.17, 15) is 24.0 Å². The Kier molecular flexibility index (Phi) is 10.8. The molecule has 0 spiro atoms. The summed E-state index contributed by atoms with van der Waals surface area (Å²) in [6, 6.07) is -4.08. The zero-order chi connectivity index (χ0) is 22.0. The molecule has 0 heterocycles. The first kappa shape index (κ1) is 25.3. The Balaban J connectivity index is 4.69. The number of hydrogen-bond acceptors (Lipinski definition) is 6. The highest BCUT2D eigenvalue weighted by molar-refractivity contribution is 5.93.